The van der Waals surface area contributed by atoms with Crippen molar-refractivity contribution in [3.63, 3.8) is 0 Å². The number of hydrogen-bond donors (Lipinski definition) is 0. The van der Waals surface area contributed by atoms with Crippen LogP contribution in [-0.2, 0) is 0 Å². The summed E-state index contributed by atoms with van der Waals surface area (Å²) in [5, 5.41) is 0. The predicted octanol–water partition coefficient (Wildman–Crippen LogP) is 1.41. The lowest BCUT2D eigenvalue weighted by Crippen LogP contribution is -1.51. The molecule has 0 atom stereocenters. The average molecular weight is 76.1 g/mol. The van der Waals surface area contributed by atoms with Crippen LogP contribution in [0.25, 0.3) is 0 Å². The Morgan fingerprint density at radius 3 is 2.00 bits per heavy atom. The monoisotopic (exact) mass is 76.0 g/mol. The highest BCUT2D eigenvalue weighted by Crippen LogP contribution is 1.82. The Kier molecular flexibility index (Phi) is 0.819. The molecule has 0 aromatic heterocycles. The van der Waals surface area contributed by atoms with Gasteiger partial charge in [0.05, 0.1) is 0 Å². The fraction of sp³-hybridized carbons (Fsp3) is 0.167. The summed E-state index contributed by atoms with van der Waals surface area (Å²) in [5.41, 5.74) is 8.21. The van der Waals surface area contributed by atoms with Crippen LogP contribution < -0.4 is 0 Å². The Hall–Kier alpha value is -0.920. The van der Waals surface area contributed by atoms with E-state index in [9.17, 15) is 0 Å². The lowest BCUT2D eigenvalue weighted by Gasteiger charge is -1.69. The first-order chi connectivity index (χ1) is 3.00. The van der Waals surface area contributed by atoms with Gasteiger partial charge in [0.15, 0.2) is 0 Å². The first-order valence-electron chi connectivity index (χ1n) is 1.89. The molecule has 0 aromatic rings. The van der Waals surface area contributed by atoms with Gasteiger partial charge in [-0.3, -0.25) is 0 Å². The van der Waals surface area contributed by atoms with Crippen molar-refractivity contribution < 1.29 is 0 Å². The summed E-state index contributed by atoms with van der Waals surface area (Å²) in [6, 6.07) is 0. The molecular formula is C6H4. The smallest absolute Gasteiger partial charge is 0.000341 e. The Balaban J connectivity index is 3.22. The molecule has 0 saturated heterocycles. The Morgan fingerprint density at radius 2 is 1.83 bits per heavy atom. The van der Waals surface area contributed by atoms with Crippen LogP contribution in [0, 0.1) is 0 Å². The van der Waals surface area contributed by atoms with Crippen molar-refractivity contribution in [2.24, 2.45) is 0 Å². The largest absolute Gasteiger partial charge is 0.0655 e. The molecule has 0 amide bonds. The van der Waals surface area contributed by atoms with Crippen LogP contribution in [0.1, 0.15) is 6.42 Å². The Bertz CT molecular complexity index is 140. The molecule has 0 nitrogen and oxygen atoms in total. The zero-order valence-corrected chi connectivity index (χ0v) is 3.36. The fourth-order valence-corrected chi connectivity index (χ4v) is 0.321. The van der Waals surface area contributed by atoms with Gasteiger partial charge in [0.25, 0.3) is 0 Å². The van der Waals surface area contributed by atoms with Gasteiger partial charge in [0.1, 0.15) is 0 Å². The van der Waals surface area contributed by atoms with Gasteiger partial charge in [-0.25, -0.2) is 0 Å². The van der Waals surface area contributed by atoms with Gasteiger partial charge < -0.3 is 0 Å². The van der Waals surface area contributed by atoms with Crippen LogP contribution in [0.15, 0.2) is 29.3 Å². The molecule has 0 heteroatoms. The SMILES string of the molecule is C1=C=CCC=C=1. The van der Waals surface area contributed by atoms with Crippen molar-refractivity contribution in [3.8, 4) is 0 Å². The van der Waals surface area contributed by atoms with Crippen molar-refractivity contribution in [2.75, 3.05) is 0 Å². The normalized spacial score (nSPS) is 13.3. The molecule has 0 bridgehead atoms. The minimum atomic E-state index is 0.965. The molecule has 28 valence electrons. The average Bonchev–Trinajstić information content (AvgIpc) is 1.72. The number of hydrogen-bond acceptors (Lipinski definition) is 0. The van der Waals surface area contributed by atoms with Crippen LogP contribution in [-0.4, -0.2) is 0 Å². The standard InChI is InChI=1S/C6H4/c1-2-4-6-5-3-1/h1,4H,2H2. The van der Waals surface area contributed by atoms with E-state index < -0.39 is 0 Å². The van der Waals surface area contributed by atoms with Crippen molar-refractivity contribution >= 4 is 0 Å². The zero-order chi connectivity index (χ0) is 4.24. The van der Waals surface area contributed by atoms with Crippen LogP contribution >= 0.6 is 0 Å². The molecule has 0 heterocycles. The summed E-state index contributed by atoms with van der Waals surface area (Å²) < 4.78 is 0. The lowest BCUT2D eigenvalue weighted by atomic mass is 10.3. The van der Waals surface area contributed by atoms with E-state index >= 15 is 0 Å². The third-order valence-corrected chi connectivity index (χ3v) is 0.584. The molecular weight excluding hydrogens is 72.1 g/mol. The third-order valence-electron chi connectivity index (χ3n) is 0.584. The minimum absolute atomic E-state index is 0.965. The van der Waals surface area contributed by atoms with E-state index in [4.69, 9.17) is 0 Å². The van der Waals surface area contributed by atoms with Gasteiger partial charge in [-0.15, -0.1) is 0 Å². The summed E-state index contributed by atoms with van der Waals surface area (Å²) in [5.74, 6) is 0. The Labute approximate surface area is 36.8 Å². The van der Waals surface area contributed by atoms with Crippen LogP contribution in [0.2, 0.25) is 0 Å². The van der Waals surface area contributed by atoms with Crippen LogP contribution in [0.3, 0.4) is 0 Å². The van der Waals surface area contributed by atoms with Crippen molar-refractivity contribution in [1.82, 2.24) is 0 Å². The molecule has 0 saturated carbocycles. The molecule has 6 heavy (non-hydrogen) atoms. The van der Waals surface area contributed by atoms with Gasteiger partial charge in [0, 0.05) is 0 Å². The van der Waals surface area contributed by atoms with E-state index in [0.29, 0.717) is 0 Å². The molecule has 0 radical (unpaired) electrons. The summed E-state index contributed by atoms with van der Waals surface area (Å²) in [7, 11) is 0. The topological polar surface area (TPSA) is 0 Å². The maximum absolute atomic E-state index is 2.77. The van der Waals surface area contributed by atoms with Gasteiger partial charge in [-0.2, -0.15) is 0 Å². The quantitative estimate of drug-likeness (QED) is 0.383. The summed E-state index contributed by atoms with van der Waals surface area (Å²) in [6.07, 6.45) is 4.79. The highest BCUT2D eigenvalue weighted by Gasteiger charge is 1.64. The number of rotatable bonds is 0. The summed E-state index contributed by atoms with van der Waals surface area (Å²) in [4.78, 5) is 0. The first-order valence-corrected chi connectivity index (χ1v) is 1.89. The minimum Gasteiger partial charge on any atom is -0.0655 e. The second-order valence-corrected chi connectivity index (χ2v) is 1.06. The van der Waals surface area contributed by atoms with Crippen LogP contribution in [0.4, 0.5) is 0 Å². The molecule has 1 rings (SSSR count). The molecule has 0 aliphatic heterocycles. The predicted molar refractivity (Wildman–Crippen MR) is 24.3 cm³/mol. The second-order valence-electron chi connectivity index (χ2n) is 1.06. The Morgan fingerprint density at radius 1 is 1.17 bits per heavy atom. The first kappa shape index (κ1) is 3.28. The molecule has 0 aromatic carbocycles. The lowest BCUT2D eigenvalue weighted by molar-refractivity contribution is 1.40. The van der Waals surface area contributed by atoms with E-state index in [-0.39, 0.29) is 0 Å². The van der Waals surface area contributed by atoms with E-state index in [1.807, 2.05) is 12.2 Å². The van der Waals surface area contributed by atoms with Crippen molar-refractivity contribution in [2.45, 2.75) is 6.42 Å². The van der Waals surface area contributed by atoms with Gasteiger partial charge in [-0.05, 0) is 24.3 Å². The van der Waals surface area contributed by atoms with Gasteiger partial charge in [-0.1, -0.05) is 11.5 Å². The van der Waals surface area contributed by atoms with Crippen molar-refractivity contribution in [1.29, 1.82) is 0 Å². The van der Waals surface area contributed by atoms with Crippen LogP contribution in [0.5, 0.6) is 0 Å². The molecule has 1 aliphatic rings. The van der Waals surface area contributed by atoms with E-state index in [1.165, 1.54) is 0 Å². The van der Waals surface area contributed by atoms with E-state index in [0.717, 1.165) is 6.42 Å². The fourth-order valence-electron chi connectivity index (χ4n) is 0.321. The van der Waals surface area contributed by atoms with Gasteiger partial charge in [0.2, 0.25) is 0 Å². The highest BCUT2D eigenvalue weighted by molar-refractivity contribution is 4.97. The molecule has 1 aliphatic carbocycles. The van der Waals surface area contributed by atoms with E-state index in [1.54, 1.807) is 0 Å². The molecule has 0 fully saturated rings. The maximum Gasteiger partial charge on any atom is -0.000341 e. The highest BCUT2D eigenvalue weighted by atomic mass is 13.7. The van der Waals surface area contributed by atoms with E-state index in [2.05, 4.69) is 17.2 Å². The maximum atomic E-state index is 2.77. The number of allylic oxidation sites excluding steroid dienone is 2. The molecule has 0 unspecified atom stereocenters. The molecule has 0 N–H and O–H groups in total. The zero-order valence-electron chi connectivity index (χ0n) is 3.36. The van der Waals surface area contributed by atoms with Crippen molar-refractivity contribution in [3.05, 3.63) is 29.3 Å². The van der Waals surface area contributed by atoms with Gasteiger partial charge >= 0.3 is 0 Å². The third kappa shape index (κ3) is 0.516. The summed E-state index contributed by atoms with van der Waals surface area (Å²) >= 11 is 0. The second kappa shape index (κ2) is 1.50. The summed E-state index contributed by atoms with van der Waals surface area (Å²) in [6.45, 7) is 0. The molecule has 0 spiro atoms.